The Balaban J connectivity index is 1.56. The topological polar surface area (TPSA) is 80.3 Å². The molecule has 0 aliphatic rings. The van der Waals surface area contributed by atoms with Crippen LogP contribution in [0.2, 0.25) is 5.02 Å². The Kier molecular flexibility index (Phi) is 5.83. The van der Waals surface area contributed by atoms with Gasteiger partial charge in [0, 0.05) is 21.5 Å². The third-order valence-corrected chi connectivity index (χ3v) is 4.25. The third-order valence-electron chi connectivity index (χ3n) is 3.36. The third kappa shape index (κ3) is 4.81. The van der Waals surface area contributed by atoms with Gasteiger partial charge in [-0.25, -0.2) is 4.98 Å². The van der Waals surface area contributed by atoms with Crippen molar-refractivity contribution >= 4 is 34.8 Å². The molecule has 0 bridgehead atoms. The minimum Gasteiger partial charge on any atom is -0.487 e. The Morgan fingerprint density at radius 3 is 2.46 bits per heavy atom. The van der Waals surface area contributed by atoms with Gasteiger partial charge < -0.3 is 4.74 Å². The molecule has 0 atom stereocenters. The minimum absolute atomic E-state index is 0.321. The summed E-state index contributed by atoms with van der Waals surface area (Å²) < 4.78 is 5.61. The van der Waals surface area contributed by atoms with Gasteiger partial charge in [0.1, 0.15) is 12.4 Å². The van der Waals surface area contributed by atoms with E-state index in [1.54, 1.807) is 54.0 Å². The normalized spacial score (nSPS) is 10.2. The standard InChI is InChI=1S/C18H14ClN3O3S/c19-14-6-4-12(5-7-14)17(23)21-22-18(24)13-2-1-3-16(8-13)25-9-15-10-26-11-20-15/h1-8,10-11H,9H2,(H,21,23)(H,22,24). The summed E-state index contributed by atoms with van der Waals surface area (Å²) in [7, 11) is 0. The van der Waals surface area contributed by atoms with E-state index in [0.717, 1.165) is 5.69 Å². The fourth-order valence-electron chi connectivity index (χ4n) is 2.05. The first-order valence-corrected chi connectivity index (χ1v) is 8.90. The summed E-state index contributed by atoms with van der Waals surface area (Å²) in [6.45, 7) is 0.321. The zero-order chi connectivity index (χ0) is 18.4. The van der Waals surface area contributed by atoms with Crippen LogP contribution >= 0.6 is 22.9 Å². The Morgan fingerprint density at radius 1 is 1.04 bits per heavy atom. The second-order valence-corrected chi connectivity index (χ2v) is 6.37. The number of amides is 2. The maximum absolute atomic E-state index is 12.2. The molecule has 2 aromatic carbocycles. The smallest absolute Gasteiger partial charge is 0.269 e. The number of aromatic nitrogens is 1. The molecular formula is C18H14ClN3O3S. The molecule has 2 N–H and O–H groups in total. The van der Waals surface area contributed by atoms with Gasteiger partial charge >= 0.3 is 0 Å². The highest BCUT2D eigenvalue weighted by atomic mass is 35.5. The van der Waals surface area contributed by atoms with Crippen LogP contribution in [0.25, 0.3) is 0 Å². The average molecular weight is 388 g/mol. The van der Waals surface area contributed by atoms with Gasteiger partial charge in [-0.05, 0) is 42.5 Å². The van der Waals surface area contributed by atoms with Crippen molar-refractivity contribution in [3.63, 3.8) is 0 Å². The molecule has 1 heterocycles. The van der Waals surface area contributed by atoms with E-state index in [2.05, 4.69) is 15.8 Å². The summed E-state index contributed by atoms with van der Waals surface area (Å²) in [4.78, 5) is 28.3. The van der Waals surface area contributed by atoms with Crippen LogP contribution in [-0.2, 0) is 6.61 Å². The van der Waals surface area contributed by atoms with Crippen molar-refractivity contribution in [3.8, 4) is 5.75 Å². The zero-order valence-electron chi connectivity index (χ0n) is 13.4. The molecule has 0 saturated heterocycles. The number of hydrogen-bond acceptors (Lipinski definition) is 5. The molecule has 0 aliphatic carbocycles. The molecule has 1 aromatic heterocycles. The Hall–Kier alpha value is -2.90. The number of rotatable bonds is 5. The second-order valence-electron chi connectivity index (χ2n) is 5.21. The van der Waals surface area contributed by atoms with Gasteiger partial charge in [-0.2, -0.15) is 0 Å². The van der Waals surface area contributed by atoms with Crippen molar-refractivity contribution in [2.45, 2.75) is 6.61 Å². The van der Waals surface area contributed by atoms with Crippen LogP contribution < -0.4 is 15.6 Å². The fraction of sp³-hybridized carbons (Fsp3) is 0.0556. The predicted octanol–water partition coefficient (Wildman–Crippen LogP) is 3.45. The van der Waals surface area contributed by atoms with Crippen LogP contribution in [0.4, 0.5) is 0 Å². The van der Waals surface area contributed by atoms with E-state index in [9.17, 15) is 9.59 Å². The predicted molar refractivity (Wildman–Crippen MR) is 99.3 cm³/mol. The number of ether oxygens (including phenoxy) is 1. The first-order chi connectivity index (χ1) is 12.6. The molecule has 0 unspecified atom stereocenters. The highest BCUT2D eigenvalue weighted by Gasteiger charge is 2.10. The van der Waals surface area contributed by atoms with Gasteiger partial charge in [0.2, 0.25) is 0 Å². The Labute approximate surface area is 158 Å². The molecule has 3 rings (SSSR count). The van der Waals surface area contributed by atoms with Crippen molar-refractivity contribution in [3.05, 3.63) is 81.3 Å². The maximum atomic E-state index is 12.2. The van der Waals surface area contributed by atoms with Crippen molar-refractivity contribution in [1.29, 1.82) is 0 Å². The van der Waals surface area contributed by atoms with Crippen LogP contribution in [0.3, 0.4) is 0 Å². The first-order valence-electron chi connectivity index (χ1n) is 7.58. The van der Waals surface area contributed by atoms with Crippen molar-refractivity contribution < 1.29 is 14.3 Å². The summed E-state index contributed by atoms with van der Waals surface area (Å²) in [6.07, 6.45) is 0. The molecular weight excluding hydrogens is 374 g/mol. The lowest BCUT2D eigenvalue weighted by Gasteiger charge is -2.09. The summed E-state index contributed by atoms with van der Waals surface area (Å²) in [5.74, 6) is -0.355. The maximum Gasteiger partial charge on any atom is 0.269 e. The van der Waals surface area contributed by atoms with E-state index < -0.39 is 11.8 Å². The van der Waals surface area contributed by atoms with E-state index in [0.29, 0.717) is 28.5 Å². The molecule has 0 fully saturated rings. The van der Waals surface area contributed by atoms with E-state index >= 15 is 0 Å². The van der Waals surface area contributed by atoms with E-state index in [4.69, 9.17) is 16.3 Å². The number of thiazole rings is 1. The van der Waals surface area contributed by atoms with Crippen LogP contribution in [0, 0.1) is 0 Å². The molecule has 0 aliphatic heterocycles. The van der Waals surface area contributed by atoms with Crippen molar-refractivity contribution in [2.24, 2.45) is 0 Å². The summed E-state index contributed by atoms with van der Waals surface area (Å²) in [6, 6.07) is 13.0. The number of hydrogen-bond donors (Lipinski definition) is 2. The quantitative estimate of drug-likeness (QED) is 0.657. The second kappa shape index (κ2) is 8.46. The molecule has 8 heteroatoms. The summed E-state index contributed by atoms with van der Waals surface area (Å²) in [5, 5.41) is 2.42. The molecule has 0 saturated carbocycles. The molecule has 6 nitrogen and oxygen atoms in total. The molecule has 132 valence electrons. The first kappa shape index (κ1) is 17.9. The lowest BCUT2D eigenvalue weighted by Crippen LogP contribution is -2.41. The number of carbonyl (C=O) groups excluding carboxylic acids is 2. The number of benzene rings is 2. The lowest BCUT2D eigenvalue weighted by atomic mass is 10.2. The van der Waals surface area contributed by atoms with Gasteiger partial charge in [-0.1, -0.05) is 17.7 Å². The van der Waals surface area contributed by atoms with Gasteiger partial charge in [0.05, 0.1) is 11.2 Å². The Morgan fingerprint density at radius 2 is 1.77 bits per heavy atom. The number of hydrazine groups is 1. The molecule has 0 radical (unpaired) electrons. The van der Waals surface area contributed by atoms with Gasteiger partial charge in [0.25, 0.3) is 11.8 Å². The van der Waals surface area contributed by atoms with Crippen LogP contribution in [0.15, 0.2) is 59.4 Å². The van der Waals surface area contributed by atoms with Crippen LogP contribution in [-0.4, -0.2) is 16.8 Å². The van der Waals surface area contributed by atoms with Gasteiger partial charge in [0.15, 0.2) is 0 Å². The van der Waals surface area contributed by atoms with E-state index in [1.165, 1.54) is 11.3 Å². The number of nitrogens with one attached hydrogen (secondary N) is 2. The summed E-state index contributed by atoms with van der Waals surface area (Å²) in [5.41, 5.74) is 8.02. The highest BCUT2D eigenvalue weighted by Crippen LogP contribution is 2.15. The minimum atomic E-state index is -0.452. The lowest BCUT2D eigenvalue weighted by molar-refractivity contribution is 0.0846. The molecule has 26 heavy (non-hydrogen) atoms. The SMILES string of the molecule is O=C(NNC(=O)c1cccc(OCc2cscn2)c1)c1ccc(Cl)cc1. The van der Waals surface area contributed by atoms with Crippen molar-refractivity contribution in [1.82, 2.24) is 15.8 Å². The monoisotopic (exact) mass is 387 g/mol. The number of halogens is 1. The fourth-order valence-corrected chi connectivity index (χ4v) is 2.72. The Bertz CT molecular complexity index is 898. The van der Waals surface area contributed by atoms with Crippen LogP contribution in [0.1, 0.15) is 26.4 Å². The van der Waals surface area contributed by atoms with Gasteiger partial charge in [-0.15, -0.1) is 11.3 Å². The zero-order valence-corrected chi connectivity index (χ0v) is 15.0. The largest absolute Gasteiger partial charge is 0.487 e. The number of carbonyl (C=O) groups is 2. The molecule has 0 spiro atoms. The average Bonchev–Trinajstić information content (AvgIpc) is 3.18. The highest BCUT2D eigenvalue weighted by molar-refractivity contribution is 7.07. The van der Waals surface area contributed by atoms with E-state index in [-0.39, 0.29) is 0 Å². The molecule has 2 amide bonds. The number of nitrogens with zero attached hydrogens (tertiary/aromatic N) is 1. The summed E-state index contributed by atoms with van der Waals surface area (Å²) >= 11 is 7.27. The molecule has 3 aromatic rings. The van der Waals surface area contributed by atoms with Crippen molar-refractivity contribution in [2.75, 3.05) is 0 Å². The van der Waals surface area contributed by atoms with Gasteiger partial charge in [-0.3, -0.25) is 20.4 Å². The van der Waals surface area contributed by atoms with E-state index in [1.807, 2.05) is 5.38 Å². The van der Waals surface area contributed by atoms with Crippen LogP contribution in [0.5, 0.6) is 5.75 Å².